The molecule has 0 atom stereocenters. The van der Waals surface area contributed by atoms with E-state index < -0.39 is 0 Å². The molecule has 1 aliphatic rings. The summed E-state index contributed by atoms with van der Waals surface area (Å²) in [6.07, 6.45) is 2.12. The highest BCUT2D eigenvalue weighted by Gasteiger charge is 2.25. The second-order valence-corrected chi connectivity index (χ2v) is 7.50. The van der Waals surface area contributed by atoms with E-state index in [0.29, 0.717) is 18.3 Å². The molecule has 1 aromatic heterocycles. The highest BCUT2D eigenvalue weighted by Crippen LogP contribution is 2.21. The molecule has 2 aromatic carbocycles. The van der Waals surface area contributed by atoms with Crippen LogP contribution in [0, 0.1) is 0 Å². The van der Waals surface area contributed by atoms with Gasteiger partial charge in [0.25, 0.3) is 5.91 Å². The molecule has 0 spiro atoms. The summed E-state index contributed by atoms with van der Waals surface area (Å²) in [6, 6.07) is 22.4. The van der Waals surface area contributed by atoms with Crippen LogP contribution in [0.15, 0.2) is 71.1 Å². The van der Waals surface area contributed by atoms with Gasteiger partial charge >= 0.3 is 0 Å². The van der Waals surface area contributed by atoms with Crippen LogP contribution in [0.5, 0.6) is 5.75 Å². The first kappa shape index (κ1) is 19.3. The van der Waals surface area contributed by atoms with Crippen LogP contribution in [-0.2, 0) is 19.6 Å². The third kappa shape index (κ3) is 5.48. The zero-order valence-corrected chi connectivity index (χ0v) is 16.6. The number of furan rings is 1. The third-order valence-corrected chi connectivity index (χ3v) is 4.97. The van der Waals surface area contributed by atoms with Crippen LogP contribution >= 0.6 is 0 Å². The lowest BCUT2D eigenvalue weighted by Crippen LogP contribution is -2.25. The Balaban J connectivity index is 1.48. The van der Waals surface area contributed by atoms with Gasteiger partial charge in [0, 0.05) is 19.1 Å². The predicted octanol–water partition coefficient (Wildman–Crippen LogP) is 4.38. The van der Waals surface area contributed by atoms with E-state index in [-0.39, 0.29) is 5.91 Å². The van der Waals surface area contributed by atoms with E-state index in [4.69, 9.17) is 9.15 Å². The van der Waals surface area contributed by atoms with Crippen molar-refractivity contribution in [3.05, 3.63) is 89.4 Å². The van der Waals surface area contributed by atoms with E-state index in [0.717, 1.165) is 37.4 Å². The van der Waals surface area contributed by atoms with Crippen molar-refractivity contribution in [2.45, 2.75) is 38.5 Å². The van der Waals surface area contributed by atoms with Gasteiger partial charge in [-0.1, -0.05) is 42.5 Å². The fourth-order valence-corrected chi connectivity index (χ4v) is 3.33. The maximum absolute atomic E-state index is 12.2. The topological polar surface area (TPSA) is 54.7 Å². The SMILES string of the molecule is COc1cccc(CN(Cc2ccccc2)Cc2ccc(C(=O)NC3CC3)o2)c1. The van der Waals surface area contributed by atoms with Gasteiger partial charge in [0.05, 0.1) is 13.7 Å². The molecule has 5 nitrogen and oxygen atoms in total. The Morgan fingerprint density at radius 1 is 1.00 bits per heavy atom. The van der Waals surface area contributed by atoms with Gasteiger partial charge in [-0.2, -0.15) is 0 Å². The Hall–Kier alpha value is -3.05. The van der Waals surface area contributed by atoms with Crippen molar-refractivity contribution in [1.29, 1.82) is 0 Å². The molecule has 1 N–H and O–H groups in total. The largest absolute Gasteiger partial charge is 0.497 e. The van der Waals surface area contributed by atoms with Crippen LogP contribution in [0.4, 0.5) is 0 Å². The van der Waals surface area contributed by atoms with Gasteiger partial charge in [-0.05, 0) is 48.2 Å². The van der Waals surface area contributed by atoms with E-state index in [1.165, 1.54) is 11.1 Å². The lowest BCUT2D eigenvalue weighted by molar-refractivity contribution is 0.0918. The summed E-state index contributed by atoms with van der Waals surface area (Å²) in [6.45, 7) is 2.14. The van der Waals surface area contributed by atoms with Crippen molar-refractivity contribution in [3.63, 3.8) is 0 Å². The number of carbonyl (C=O) groups is 1. The van der Waals surface area contributed by atoms with Crippen LogP contribution in [-0.4, -0.2) is 24.0 Å². The number of carbonyl (C=O) groups excluding carboxylic acids is 1. The zero-order chi connectivity index (χ0) is 20.1. The number of hydrogen-bond acceptors (Lipinski definition) is 4. The summed E-state index contributed by atoms with van der Waals surface area (Å²) >= 11 is 0. The summed E-state index contributed by atoms with van der Waals surface area (Å²) in [5.74, 6) is 1.89. The predicted molar refractivity (Wildman–Crippen MR) is 112 cm³/mol. The van der Waals surface area contributed by atoms with E-state index in [1.54, 1.807) is 13.2 Å². The molecule has 0 saturated heterocycles. The molecule has 0 radical (unpaired) electrons. The minimum atomic E-state index is -0.124. The number of amides is 1. The summed E-state index contributed by atoms with van der Waals surface area (Å²) < 4.78 is 11.2. The molecule has 1 saturated carbocycles. The number of nitrogens with zero attached hydrogens (tertiary/aromatic N) is 1. The van der Waals surface area contributed by atoms with Crippen molar-refractivity contribution in [1.82, 2.24) is 10.2 Å². The molecule has 29 heavy (non-hydrogen) atoms. The normalized spacial score (nSPS) is 13.4. The van der Waals surface area contributed by atoms with E-state index in [2.05, 4.69) is 34.5 Å². The van der Waals surface area contributed by atoms with Crippen LogP contribution in [0.1, 0.15) is 40.3 Å². The van der Waals surface area contributed by atoms with Crippen LogP contribution < -0.4 is 10.1 Å². The molecule has 0 unspecified atom stereocenters. The summed E-state index contributed by atoms with van der Waals surface area (Å²) in [5.41, 5.74) is 2.40. The number of methoxy groups -OCH3 is 1. The quantitative estimate of drug-likeness (QED) is 0.589. The lowest BCUT2D eigenvalue weighted by Gasteiger charge is -2.22. The molecule has 4 rings (SSSR count). The Kier molecular flexibility index (Phi) is 5.96. The highest BCUT2D eigenvalue weighted by molar-refractivity contribution is 5.91. The maximum atomic E-state index is 12.2. The first-order valence-electron chi connectivity index (χ1n) is 9.98. The van der Waals surface area contributed by atoms with Crippen LogP contribution in [0.25, 0.3) is 0 Å². The Morgan fingerprint density at radius 2 is 1.76 bits per heavy atom. The fraction of sp³-hybridized carbons (Fsp3) is 0.292. The Labute approximate surface area is 171 Å². The number of nitrogens with one attached hydrogen (secondary N) is 1. The van der Waals surface area contributed by atoms with Crippen molar-refractivity contribution < 1.29 is 13.9 Å². The van der Waals surface area contributed by atoms with Crippen LogP contribution in [0.3, 0.4) is 0 Å². The minimum absolute atomic E-state index is 0.124. The lowest BCUT2D eigenvalue weighted by atomic mass is 10.1. The number of benzene rings is 2. The molecule has 150 valence electrons. The molecule has 1 heterocycles. The first-order valence-corrected chi connectivity index (χ1v) is 9.98. The van der Waals surface area contributed by atoms with E-state index in [9.17, 15) is 4.79 Å². The third-order valence-electron chi connectivity index (χ3n) is 4.97. The second-order valence-electron chi connectivity index (χ2n) is 7.50. The van der Waals surface area contributed by atoms with Gasteiger partial charge in [0.1, 0.15) is 11.5 Å². The van der Waals surface area contributed by atoms with Gasteiger partial charge in [-0.3, -0.25) is 9.69 Å². The first-order chi connectivity index (χ1) is 14.2. The van der Waals surface area contributed by atoms with Gasteiger partial charge in [-0.15, -0.1) is 0 Å². The Morgan fingerprint density at radius 3 is 2.52 bits per heavy atom. The molecule has 1 aliphatic carbocycles. The number of ether oxygens (including phenoxy) is 1. The van der Waals surface area contributed by atoms with Crippen molar-refractivity contribution >= 4 is 5.91 Å². The van der Waals surface area contributed by atoms with Crippen LogP contribution in [0.2, 0.25) is 0 Å². The molecule has 5 heteroatoms. The smallest absolute Gasteiger partial charge is 0.287 e. The van der Waals surface area contributed by atoms with Gasteiger partial charge in [0.2, 0.25) is 0 Å². The van der Waals surface area contributed by atoms with Gasteiger partial charge < -0.3 is 14.5 Å². The monoisotopic (exact) mass is 390 g/mol. The average Bonchev–Trinajstić information content (AvgIpc) is 3.43. The molecule has 0 aliphatic heterocycles. The number of hydrogen-bond donors (Lipinski definition) is 1. The Bertz CT molecular complexity index is 948. The van der Waals surface area contributed by atoms with Crippen molar-refractivity contribution in [2.75, 3.05) is 7.11 Å². The molecule has 0 bridgehead atoms. The van der Waals surface area contributed by atoms with Crippen molar-refractivity contribution in [2.24, 2.45) is 0 Å². The second kappa shape index (κ2) is 8.97. The molecule has 3 aromatic rings. The standard InChI is InChI=1S/C24H26N2O3/c1-28-21-9-5-8-19(14-21)16-26(15-18-6-3-2-4-7-18)17-22-12-13-23(29-22)24(27)25-20-10-11-20/h2-9,12-14,20H,10-11,15-17H2,1H3,(H,25,27). The molecule has 1 amide bonds. The fourth-order valence-electron chi connectivity index (χ4n) is 3.33. The molecular formula is C24H26N2O3. The maximum Gasteiger partial charge on any atom is 0.287 e. The summed E-state index contributed by atoms with van der Waals surface area (Å²) in [5, 5.41) is 2.97. The molecule has 1 fully saturated rings. The van der Waals surface area contributed by atoms with Gasteiger partial charge in [0.15, 0.2) is 5.76 Å². The number of rotatable bonds is 9. The molecular weight excluding hydrogens is 364 g/mol. The zero-order valence-electron chi connectivity index (χ0n) is 16.6. The average molecular weight is 390 g/mol. The highest BCUT2D eigenvalue weighted by atomic mass is 16.5. The van der Waals surface area contributed by atoms with Gasteiger partial charge in [-0.25, -0.2) is 0 Å². The van der Waals surface area contributed by atoms with Crippen molar-refractivity contribution in [3.8, 4) is 5.75 Å². The van der Waals surface area contributed by atoms with E-state index >= 15 is 0 Å². The minimum Gasteiger partial charge on any atom is -0.497 e. The summed E-state index contributed by atoms with van der Waals surface area (Å²) in [4.78, 5) is 14.5. The summed E-state index contributed by atoms with van der Waals surface area (Å²) in [7, 11) is 1.68. The van der Waals surface area contributed by atoms with E-state index in [1.807, 2.05) is 36.4 Å².